The molecule has 0 saturated carbocycles. The van der Waals surface area contributed by atoms with Crippen molar-refractivity contribution in [3.05, 3.63) is 35.4 Å². The fraction of sp³-hybridized carbons (Fsp3) is 0.467. The van der Waals surface area contributed by atoms with E-state index in [0.29, 0.717) is 11.1 Å². The van der Waals surface area contributed by atoms with Crippen molar-refractivity contribution in [1.82, 2.24) is 4.90 Å². The Kier molecular flexibility index (Phi) is 3.24. The third-order valence-corrected chi connectivity index (χ3v) is 3.88. The topological polar surface area (TPSA) is 37.4 Å². The molecule has 1 aliphatic heterocycles. The van der Waals surface area contributed by atoms with Crippen molar-refractivity contribution in [2.45, 2.75) is 45.6 Å². The summed E-state index contributed by atoms with van der Waals surface area (Å²) in [5.74, 6) is -0.290. The molecule has 0 aliphatic carbocycles. The van der Waals surface area contributed by atoms with E-state index in [1.54, 1.807) is 24.3 Å². The van der Waals surface area contributed by atoms with Crippen molar-refractivity contribution in [3.8, 4) is 0 Å². The highest BCUT2D eigenvalue weighted by molar-refractivity contribution is 6.21. The minimum atomic E-state index is -0.373. The summed E-state index contributed by atoms with van der Waals surface area (Å²) < 4.78 is 0. The van der Waals surface area contributed by atoms with Crippen LogP contribution in [0.15, 0.2) is 24.3 Å². The molecule has 0 N–H and O–H groups in total. The highest BCUT2D eigenvalue weighted by Gasteiger charge is 2.44. The molecule has 3 heteroatoms. The fourth-order valence-electron chi connectivity index (χ4n) is 2.66. The quantitative estimate of drug-likeness (QED) is 0.763. The van der Waals surface area contributed by atoms with Gasteiger partial charge in [-0.2, -0.15) is 0 Å². The van der Waals surface area contributed by atoms with Gasteiger partial charge in [-0.3, -0.25) is 14.5 Å². The third-order valence-electron chi connectivity index (χ3n) is 3.88. The van der Waals surface area contributed by atoms with E-state index in [2.05, 4.69) is 6.92 Å². The van der Waals surface area contributed by atoms with Crippen LogP contribution >= 0.6 is 0 Å². The fourth-order valence-corrected chi connectivity index (χ4v) is 2.66. The van der Waals surface area contributed by atoms with Gasteiger partial charge in [-0.15, -0.1) is 0 Å². The molecule has 2 rings (SSSR count). The summed E-state index contributed by atoms with van der Waals surface area (Å²) in [4.78, 5) is 26.2. The smallest absolute Gasteiger partial charge is 0.262 e. The number of nitrogens with zero attached hydrogens (tertiary/aromatic N) is 1. The second-order valence-corrected chi connectivity index (χ2v) is 5.09. The molecule has 1 aromatic rings. The van der Waals surface area contributed by atoms with Gasteiger partial charge in [0.2, 0.25) is 0 Å². The maximum absolute atomic E-state index is 12.4. The van der Waals surface area contributed by atoms with Crippen LogP contribution in [0.3, 0.4) is 0 Å². The summed E-state index contributed by atoms with van der Waals surface area (Å²) in [5, 5.41) is 0. The van der Waals surface area contributed by atoms with Crippen molar-refractivity contribution in [3.63, 3.8) is 0 Å². The van der Waals surface area contributed by atoms with E-state index in [1.165, 1.54) is 4.90 Å². The van der Waals surface area contributed by atoms with E-state index in [-0.39, 0.29) is 17.4 Å². The molecule has 1 atom stereocenters. The van der Waals surface area contributed by atoms with Crippen LogP contribution in [0.5, 0.6) is 0 Å². The van der Waals surface area contributed by atoms with Gasteiger partial charge in [0, 0.05) is 5.54 Å². The second-order valence-electron chi connectivity index (χ2n) is 5.09. The molecule has 0 fully saturated rings. The number of carbonyl (C=O) groups is 2. The van der Waals surface area contributed by atoms with Gasteiger partial charge in [-0.05, 0) is 31.9 Å². The summed E-state index contributed by atoms with van der Waals surface area (Å²) in [6, 6.07) is 7.07. The first kappa shape index (κ1) is 12.8. The van der Waals surface area contributed by atoms with Crippen LogP contribution in [0.25, 0.3) is 0 Å². The number of hydrogen-bond donors (Lipinski definition) is 0. The molecular formula is C15H19NO2. The molecule has 0 radical (unpaired) electrons. The summed E-state index contributed by atoms with van der Waals surface area (Å²) in [6.07, 6.45) is 2.58. The molecule has 1 heterocycles. The van der Waals surface area contributed by atoms with Crippen LogP contribution in [-0.4, -0.2) is 22.3 Å². The van der Waals surface area contributed by atoms with Crippen LogP contribution in [0, 0.1) is 0 Å². The maximum Gasteiger partial charge on any atom is 0.262 e. The van der Waals surface area contributed by atoms with Crippen LogP contribution in [0.4, 0.5) is 0 Å². The molecule has 3 nitrogen and oxygen atoms in total. The Balaban J connectivity index is 2.44. The maximum atomic E-state index is 12.4. The lowest BCUT2D eigenvalue weighted by molar-refractivity contribution is 0.0424. The molecule has 0 saturated heterocycles. The molecular weight excluding hydrogens is 226 g/mol. The molecule has 1 aromatic carbocycles. The number of rotatable bonds is 4. The average Bonchev–Trinajstić information content (AvgIpc) is 2.63. The van der Waals surface area contributed by atoms with E-state index in [0.717, 1.165) is 19.3 Å². The Labute approximate surface area is 108 Å². The van der Waals surface area contributed by atoms with Crippen molar-refractivity contribution in [2.75, 3.05) is 0 Å². The molecule has 18 heavy (non-hydrogen) atoms. The zero-order valence-corrected chi connectivity index (χ0v) is 11.2. The molecule has 0 bridgehead atoms. The Bertz CT molecular complexity index is 460. The van der Waals surface area contributed by atoms with E-state index in [4.69, 9.17) is 0 Å². The molecule has 1 aliphatic rings. The molecule has 1 unspecified atom stereocenters. The average molecular weight is 245 g/mol. The summed E-state index contributed by atoms with van der Waals surface area (Å²) in [6.45, 7) is 6.10. The van der Waals surface area contributed by atoms with E-state index >= 15 is 0 Å². The monoisotopic (exact) mass is 245 g/mol. The van der Waals surface area contributed by atoms with Gasteiger partial charge in [0.1, 0.15) is 0 Å². The normalized spacial score (nSPS) is 17.8. The predicted octanol–water partition coefficient (Wildman–Crippen LogP) is 3.25. The third kappa shape index (κ3) is 1.74. The Morgan fingerprint density at radius 1 is 1.06 bits per heavy atom. The minimum absolute atomic E-state index is 0.145. The Hall–Kier alpha value is -1.64. The Morgan fingerprint density at radius 2 is 1.56 bits per heavy atom. The number of hydrogen-bond acceptors (Lipinski definition) is 2. The van der Waals surface area contributed by atoms with Crippen molar-refractivity contribution < 1.29 is 9.59 Å². The molecule has 0 aromatic heterocycles. The first-order valence-electron chi connectivity index (χ1n) is 6.53. The summed E-state index contributed by atoms with van der Waals surface area (Å²) in [5.41, 5.74) is 0.707. The second kappa shape index (κ2) is 4.56. The number of carbonyl (C=O) groups excluding carboxylic acids is 2. The number of benzene rings is 1. The van der Waals surface area contributed by atoms with Gasteiger partial charge in [0.15, 0.2) is 0 Å². The summed E-state index contributed by atoms with van der Waals surface area (Å²) >= 11 is 0. The number of imide groups is 1. The van der Waals surface area contributed by atoms with Gasteiger partial charge in [0.25, 0.3) is 11.8 Å². The molecule has 2 amide bonds. The zero-order chi connectivity index (χ0) is 13.3. The highest BCUT2D eigenvalue weighted by Crippen LogP contribution is 2.33. The van der Waals surface area contributed by atoms with Crippen molar-refractivity contribution >= 4 is 11.8 Å². The van der Waals surface area contributed by atoms with Crippen LogP contribution in [0.2, 0.25) is 0 Å². The number of fused-ring (bicyclic) bond motifs is 1. The van der Waals surface area contributed by atoms with E-state index in [9.17, 15) is 9.59 Å². The van der Waals surface area contributed by atoms with Gasteiger partial charge >= 0.3 is 0 Å². The van der Waals surface area contributed by atoms with Gasteiger partial charge < -0.3 is 0 Å². The van der Waals surface area contributed by atoms with Crippen molar-refractivity contribution in [1.29, 1.82) is 0 Å². The first-order chi connectivity index (χ1) is 8.55. The standard InChI is InChI=1S/C15H19NO2/c1-4-10-15(3,5-2)16-13(17)11-8-6-7-9-12(11)14(16)18/h6-9H,4-5,10H2,1-3H3. The van der Waals surface area contributed by atoms with Crippen LogP contribution in [0.1, 0.15) is 60.7 Å². The van der Waals surface area contributed by atoms with Gasteiger partial charge in [-0.1, -0.05) is 32.4 Å². The predicted molar refractivity (Wildman–Crippen MR) is 70.5 cm³/mol. The lowest BCUT2D eigenvalue weighted by Gasteiger charge is -2.36. The highest BCUT2D eigenvalue weighted by atomic mass is 16.2. The lowest BCUT2D eigenvalue weighted by Crippen LogP contribution is -2.49. The van der Waals surface area contributed by atoms with Gasteiger partial charge in [-0.25, -0.2) is 0 Å². The Morgan fingerprint density at radius 3 is 1.94 bits per heavy atom. The molecule has 0 spiro atoms. The number of amides is 2. The molecule has 96 valence electrons. The van der Waals surface area contributed by atoms with Gasteiger partial charge in [0.05, 0.1) is 11.1 Å². The van der Waals surface area contributed by atoms with Crippen LogP contribution < -0.4 is 0 Å². The zero-order valence-electron chi connectivity index (χ0n) is 11.2. The van der Waals surface area contributed by atoms with Crippen LogP contribution in [-0.2, 0) is 0 Å². The van der Waals surface area contributed by atoms with E-state index < -0.39 is 0 Å². The van der Waals surface area contributed by atoms with Crippen molar-refractivity contribution in [2.24, 2.45) is 0 Å². The summed E-state index contributed by atoms with van der Waals surface area (Å²) in [7, 11) is 0. The largest absolute Gasteiger partial charge is 0.269 e. The first-order valence-corrected chi connectivity index (χ1v) is 6.53. The minimum Gasteiger partial charge on any atom is -0.269 e. The SMILES string of the molecule is CCCC(C)(CC)N1C(=O)c2ccccc2C1=O. The lowest BCUT2D eigenvalue weighted by atomic mass is 9.91. The van der Waals surface area contributed by atoms with E-state index in [1.807, 2.05) is 13.8 Å².